The number of aromatic nitrogens is 1. The van der Waals surface area contributed by atoms with Crippen molar-refractivity contribution in [2.45, 2.75) is 60.8 Å². The summed E-state index contributed by atoms with van der Waals surface area (Å²) < 4.78 is 0. The zero-order chi connectivity index (χ0) is 15.8. The third kappa shape index (κ3) is 3.12. The van der Waals surface area contributed by atoms with E-state index in [1.54, 1.807) is 0 Å². The number of benzene rings is 1. The summed E-state index contributed by atoms with van der Waals surface area (Å²) in [7, 11) is 0. The molecule has 1 unspecified atom stereocenters. The topological polar surface area (TPSA) is 12.9 Å². The van der Waals surface area contributed by atoms with Gasteiger partial charge in [0.25, 0.3) is 0 Å². The van der Waals surface area contributed by atoms with Crippen LogP contribution in [0.3, 0.4) is 0 Å². The number of para-hydroxylation sites is 1. The van der Waals surface area contributed by atoms with Crippen molar-refractivity contribution in [3.05, 3.63) is 41.6 Å². The smallest absolute Gasteiger partial charge is 0.0708 e. The molecule has 0 fully saturated rings. The SMILES string of the molecule is CCC(C)(C)C(c1cc(C)c2ccccc2n1)C(C)(C)C. The fourth-order valence-electron chi connectivity index (χ4n) is 3.74. The molecule has 1 aromatic carbocycles. The van der Waals surface area contributed by atoms with Crippen LogP contribution in [-0.4, -0.2) is 4.98 Å². The summed E-state index contributed by atoms with van der Waals surface area (Å²) >= 11 is 0. The average Bonchev–Trinajstić information content (AvgIpc) is 2.37. The Balaban J connectivity index is 2.66. The second kappa shape index (κ2) is 5.44. The van der Waals surface area contributed by atoms with Gasteiger partial charge in [-0.15, -0.1) is 0 Å². The van der Waals surface area contributed by atoms with Crippen LogP contribution in [0.15, 0.2) is 30.3 Å². The van der Waals surface area contributed by atoms with Gasteiger partial charge in [-0.2, -0.15) is 0 Å². The zero-order valence-electron chi connectivity index (χ0n) is 14.6. The summed E-state index contributed by atoms with van der Waals surface area (Å²) in [6.45, 7) is 16.2. The van der Waals surface area contributed by atoms with Crippen LogP contribution in [0.1, 0.15) is 65.1 Å². The Morgan fingerprint density at radius 3 is 2.24 bits per heavy atom. The molecular weight excluding hydrogens is 254 g/mol. The maximum Gasteiger partial charge on any atom is 0.0708 e. The molecule has 1 heteroatoms. The van der Waals surface area contributed by atoms with Gasteiger partial charge < -0.3 is 0 Å². The zero-order valence-corrected chi connectivity index (χ0v) is 14.6. The molecule has 2 rings (SSSR count). The van der Waals surface area contributed by atoms with E-state index < -0.39 is 0 Å². The minimum absolute atomic E-state index is 0.196. The van der Waals surface area contributed by atoms with Gasteiger partial charge in [0.2, 0.25) is 0 Å². The van der Waals surface area contributed by atoms with Crippen LogP contribution in [0.25, 0.3) is 10.9 Å². The summed E-state index contributed by atoms with van der Waals surface area (Å²) in [5.41, 5.74) is 4.12. The van der Waals surface area contributed by atoms with E-state index in [0.29, 0.717) is 5.92 Å². The third-order valence-corrected chi connectivity index (χ3v) is 4.80. The minimum atomic E-state index is 0.196. The van der Waals surface area contributed by atoms with Crippen molar-refractivity contribution in [1.82, 2.24) is 4.98 Å². The summed E-state index contributed by atoms with van der Waals surface area (Å²) in [5, 5.41) is 1.27. The molecule has 0 amide bonds. The lowest BCUT2D eigenvalue weighted by Gasteiger charge is -2.42. The van der Waals surface area contributed by atoms with Gasteiger partial charge in [-0.25, -0.2) is 0 Å². The lowest BCUT2D eigenvalue weighted by atomic mass is 9.63. The van der Waals surface area contributed by atoms with Crippen LogP contribution < -0.4 is 0 Å². The van der Waals surface area contributed by atoms with E-state index in [1.165, 1.54) is 16.6 Å². The molecule has 0 saturated carbocycles. The Bertz CT molecular complexity index is 632. The standard InChI is InChI=1S/C20H29N/c1-8-20(6,7)18(19(3,4)5)17-13-14(2)15-11-9-10-12-16(15)21-17/h9-13,18H,8H2,1-7H3. The summed E-state index contributed by atoms with van der Waals surface area (Å²) in [6.07, 6.45) is 1.16. The molecular formula is C20H29N. The van der Waals surface area contributed by atoms with Gasteiger partial charge in [-0.3, -0.25) is 4.98 Å². The number of nitrogens with zero attached hydrogens (tertiary/aromatic N) is 1. The molecule has 1 nitrogen and oxygen atoms in total. The molecule has 0 radical (unpaired) electrons. The molecule has 1 aromatic heterocycles. The molecule has 21 heavy (non-hydrogen) atoms. The molecule has 114 valence electrons. The fraction of sp³-hybridized carbons (Fsp3) is 0.550. The van der Waals surface area contributed by atoms with Crippen molar-refractivity contribution in [2.75, 3.05) is 0 Å². The first-order valence-corrected chi connectivity index (χ1v) is 8.03. The first-order chi connectivity index (χ1) is 9.66. The van der Waals surface area contributed by atoms with E-state index in [9.17, 15) is 0 Å². The Hall–Kier alpha value is -1.37. The number of rotatable bonds is 3. The van der Waals surface area contributed by atoms with Crippen molar-refractivity contribution in [2.24, 2.45) is 10.8 Å². The van der Waals surface area contributed by atoms with Crippen molar-refractivity contribution < 1.29 is 0 Å². The predicted molar refractivity (Wildman–Crippen MR) is 92.7 cm³/mol. The molecule has 0 aliphatic heterocycles. The van der Waals surface area contributed by atoms with Crippen molar-refractivity contribution in [3.63, 3.8) is 0 Å². The van der Waals surface area contributed by atoms with Crippen LogP contribution in [0.5, 0.6) is 0 Å². The second-order valence-electron chi connectivity index (χ2n) is 8.02. The van der Waals surface area contributed by atoms with Crippen molar-refractivity contribution in [1.29, 1.82) is 0 Å². The molecule has 1 heterocycles. The highest BCUT2D eigenvalue weighted by Crippen LogP contribution is 2.49. The number of aryl methyl sites for hydroxylation is 1. The lowest BCUT2D eigenvalue weighted by molar-refractivity contribution is 0.149. The lowest BCUT2D eigenvalue weighted by Crippen LogP contribution is -2.33. The average molecular weight is 283 g/mol. The van der Waals surface area contributed by atoms with Gasteiger partial charge in [-0.1, -0.05) is 66.2 Å². The van der Waals surface area contributed by atoms with Gasteiger partial charge >= 0.3 is 0 Å². The fourth-order valence-corrected chi connectivity index (χ4v) is 3.74. The monoisotopic (exact) mass is 283 g/mol. The number of pyridine rings is 1. The van der Waals surface area contributed by atoms with Crippen LogP contribution in [0.2, 0.25) is 0 Å². The molecule has 0 aliphatic carbocycles. The summed E-state index contributed by atoms with van der Waals surface area (Å²) in [4.78, 5) is 5.02. The minimum Gasteiger partial charge on any atom is -0.252 e. The highest BCUT2D eigenvalue weighted by molar-refractivity contribution is 5.82. The Morgan fingerprint density at radius 2 is 1.67 bits per heavy atom. The quantitative estimate of drug-likeness (QED) is 0.662. The molecule has 0 N–H and O–H groups in total. The van der Waals surface area contributed by atoms with E-state index in [1.807, 2.05) is 0 Å². The first-order valence-electron chi connectivity index (χ1n) is 8.03. The van der Waals surface area contributed by atoms with E-state index >= 15 is 0 Å². The van der Waals surface area contributed by atoms with E-state index in [4.69, 9.17) is 4.98 Å². The Kier molecular flexibility index (Phi) is 4.15. The van der Waals surface area contributed by atoms with Crippen LogP contribution in [-0.2, 0) is 0 Å². The van der Waals surface area contributed by atoms with Crippen molar-refractivity contribution >= 4 is 10.9 Å². The molecule has 0 spiro atoms. The molecule has 2 aromatic rings. The van der Waals surface area contributed by atoms with Crippen molar-refractivity contribution in [3.8, 4) is 0 Å². The molecule has 1 atom stereocenters. The second-order valence-corrected chi connectivity index (χ2v) is 8.02. The predicted octanol–water partition coefficient (Wildman–Crippen LogP) is 6.11. The maximum absolute atomic E-state index is 5.02. The summed E-state index contributed by atoms with van der Waals surface area (Å²) in [5.74, 6) is 0.443. The van der Waals surface area contributed by atoms with Gasteiger partial charge in [0, 0.05) is 17.0 Å². The van der Waals surface area contributed by atoms with Gasteiger partial charge in [0.1, 0.15) is 0 Å². The number of hydrogen-bond donors (Lipinski definition) is 0. The normalized spacial score (nSPS) is 14.4. The van der Waals surface area contributed by atoms with Crippen LogP contribution in [0, 0.1) is 17.8 Å². The number of hydrogen-bond acceptors (Lipinski definition) is 1. The third-order valence-electron chi connectivity index (χ3n) is 4.80. The molecule has 0 bridgehead atoms. The maximum atomic E-state index is 5.02. The molecule has 0 aliphatic rings. The number of fused-ring (bicyclic) bond motifs is 1. The first kappa shape index (κ1) is 16.0. The van der Waals surface area contributed by atoms with Crippen LogP contribution >= 0.6 is 0 Å². The highest BCUT2D eigenvalue weighted by atomic mass is 14.7. The summed E-state index contributed by atoms with van der Waals surface area (Å²) in [6, 6.07) is 10.8. The van der Waals surface area contributed by atoms with E-state index in [0.717, 1.165) is 11.9 Å². The van der Waals surface area contributed by atoms with Gasteiger partial charge in [0.05, 0.1) is 5.52 Å². The van der Waals surface area contributed by atoms with E-state index in [-0.39, 0.29) is 10.8 Å². The van der Waals surface area contributed by atoms with Gasteiger partial charge in [-0.05, 0) is 35.4 Å². The van der Waals surface area contributed by atoms with Crippen LogP contribution in [0.4, 0.5) is 0 Å². The highest BCUT2D eigenvalue weighted by Gasteiger charge is 2.39. The Labute approximate surface area is 129 Å². The van der Waals surface area contributed by atoms with Gasteiger partial charge in [0.15, 0.2) is 0 Å². The molecule has 0 saturated heterocycles. The largest absolute Gasteiger partial charge is 0.252 e. The Morgan fingerprint density at radius 1 is 1.05 bits per heavy atom. The van der Waals surface area contributed by atoms with E-state index in [2.05, 4.69) is 78.8 Å².